The Morgan fingerprint density at radius 1 is 1.53 bits per heavy atom. The van der Waals surface area contributed by atoms with Gasteiger partial charge in [0.1, 0.15) is 6.10 Å². The van der Waals surface area contributed by atoms with Crippen molar-refractivity contribution in [1.82, 2.24) is 4.98 Å². The molecule has 0 fully saturated rings. The van der Waals surface area contributed by atoms with Crippen molar-refractivity contribution in [2.24, 2.45) is 0 Å². The lowest BCUT2D eigenvalue weighted by Gasteiger charge is -2.12. The number of methoxy groups -OCH3 is 1. The Bertz CT molecular complexity index is 298. The molecular formula is C12H17NO2. The first-order valence-corrected chi connectivity index (χ1v) is 5.23. The summed E-state index contributed by atoms with van der Waals surface area (Å²) in [6, 6.07) is 5.58. The van der Waals surface area contributed by atoms with Crippen LogP contribution in [0.15, 0.2) is 24.4 Å². The first-order chi connectivity index (χ1) is 7.27. The highest BCUT2D eigenvalue weighted by Crippen LogP contribution is 2.06. The molecule has 1 aromatic rings. The van der Waals surface area contributed by atoms with Gasteiger partial charge in [-0.05, 0) is 18.6 Å². The van der Waals surface area contributed by atoms with Gasteiger partial charge in [-0.3, -0.25) is 9.78 Å². The summed E-state index contributed by atoms with van der Waals surface area (Å²) in [6.07, 6.45) is 3.51. The second kappa shape index (κ2) is 6.30. The Labute approximate surface area is 90.5 Å². The lowest BCUT2D eigenvalue weighted by molar-refractivity contribution is -0.128. The standard InChI is InChI=1S/C12H17NO2/c1-3-6-12(15-2)11(14)9-10-7-4-5-8-13-10/h4-5,7-8,12H,3,6,9H2,1-2H3. The van der Waals surface area contributed by atoms with E-state index in [1.54, 1.807) is 13.3 Å². The van der Waals surface area contributed by atoms with Crippen LogP contribution in [0.2, 0.25) is 0 Å². The topological polar surface area (TPSA) is 39.2 Å². The molecule has 0 aliphatic carbocycles. The molecular weight excluding hydrogens is 190 g/mol. The number of carbonyl (C=O) groups excluding carboxylic acids is 1. The molecule has 1 unspecified atom stereocenters. The van der Waals surface area contributed by atoms with Crippen molar-refractivity contribution in [2.75, 3.05) is 7.11 Å². The van der Waals surface area contributed by atoms with E-state index >= 15 is 0 Å². The van der Waals surface area contributed by atoms with E-state index in [4.69, 9.17) is 4.74 Å². The normalized spacial score (nSPS) is 12.4. The average Bonchev–Trinajstić information content (AvgIpc) is 2.27. The van der Waals surface area contributed by atoms with Gasteiger partial charge in [0.25, 0.3) is 0 Å². The SMILES string of the molecule is CCCC(OC)C(=O)Cc1ccccn1. The number of carbonyl (C=O) groups is 1. The van der Waals surface area contributed by atoms with Crippen LogP contribution < -0.4 is 0 Å². The summed E-state index contributed by atoms with van der Waals surface area (Å²) in [7, 11) is 1.58. The molecule has 0 amide bonds. The highest BCUT2D eigenvalue weighted by molar-refractivity contribution is 5.84. The summed E-state index contributed by atoms with van der Waals surface area (Å²) in [6.45, 7) is 2.04. The van der Waals surface area contributed by atoms with Gasteiger partial charge >= 0.3 is 0 Å². The minimum Gasteiger partial charge on any atom is -0.374 e. The zero-order valence-corrected chi connectivity index (χ0v) is 9.27. The largest absolute Gasteiger partial charge is 0.374 e. The third-order valence-corrected chi connectivity index (χ3v) is 2.28. The Kier molecular flexibility index (Phi) is 4.98. The van der Waals surface area contributed by atoms with E-state index < -0.39 is 0 Å². The van der Waals surface area contributed by atoms with Crippen molar-refractivity contribution in [1.29, 1.82) is 0 Å². The molecule has 1 heterocycles. The van der Waals surface area contributed by atoms with Crippen molar-refractivity contribution in [3.63, 3.8) is 0 Å². The maximum Gasteiger partial charge on any atom is 0.167 e. The number of Topliss-reactive ketones (excluding diaryl/α,β-unsaturated/α-hetero) is 1. The molecule has 82 valence electrons. The highest BCUT2D eigenvalue weighted by atomic mass is 16.5. The summed E-state index contributed by atoms with van der Waals surface area (Å²) in [5.74, 6) is 0.109. The Morgan fingerprint density at radius 2 is 2.33 bits per heavy atom. The highest BCUT2D eigenvalue weighted by Gasteiger charge is 2.16. The first-order valence-electron chi connectivity index (χ1n) is 5.23. The molecule has 0 bridgehead atoms. The molecule has 0 aliphatic heterocycles. The van der Waals surface area contributed by atoms with Gasteiger partial charge in [0.15, 0.2) is 5.78 Å². The van der Waals surface area contributed by atoms with Gasteiger partial charge in [-0.25, -0.2) is 0 Å². The number of hydrogen-bond acceptors (Lipinski definition) is 3. The summed E-state index contributed by atoms with van der Waals surface area (Å²) < 4.78 is 5.15. The number of pyridine rings is 1. The van der Waals surface area contributed by atoms with E-state index in [1.165, 1.54) is 0 Å². The average molecular weight is 207 g/mol. The number of aromatic nitrogens is 1. The molecule has 15 heavy (non-hydrogen) atoms. The molecule has 1 rings (SSSR count). The summed E-state index contributed by atoms with van der Waals surface area (Å²) in [5, 5.41) is 0. The van der Waals surface area contributed by atoms with Crippen LogP contribution >= 0.6 is 0 Å². The van der Waals surface area contributed by atoms with Gasteiger partial charge < -0.3 is 4.74 Å². The van der Waals surface area contributed by atoms with Crippen molar-refractivity contribution < 1.29 is 9.53 Å². The third kappa shape index (κ3) is 3.80. The smallest absolute Gasteiger partial charge is 0.167 e. The summed E-state index contributed by atoms with van der Waals surface area (Å²) in [5.41, 5.74) is 0.806. The fraction of sp³-hybridized carbons (Fsp3) is 0.500. The predicted molar refractivity (Wildman–Crippen MR) is 58.7 cm³/mol. The van der Waals surface area contributed by atoms with E-state index in [0.717, 1.165) is 18.5 Å². The molecule has 1 atom stereocenters. The third-order valence-electron chi connectivity index (χ3n) is 2.28. The molecule has 0 aliphatic rings. The minimum atomic E-state index is -0.281. The zero-order valence-electron chi connectivity index (χ0n) is 9.27. The summed E-state index contributed by atoms with van der Waals surface area (Å²) >= 11 is 0. The Hall–Kier alpha value is -1.22. The van der Waals surface area contributed by atoms with Crippen LogP contribution in [0.5, 0.6) is 0 Å². The lowest BCUT2D eigenvalue weighted by Crippen LogP contribution is -2.24. The Balaban J connectivity index is 2.54. The molecule has 0 saturated carbocycles. The number of hydrogen-bond donors (Lipinski definition) is 0. The number of nitrogens with zero attached hydrogens (tertiary/aromatic N) is 1. The van der Waals surface area contributed by atoms with Gasteiger partial charge in [0.05, 0.1) is 6.42 Å². The van der Waals surface area contributed by atoms with E-state index in [0.29, 0.717) is 6.42 Å². The van der Waals surface area contributed by atoms with E-state index in [1.807, 2.05) is 25.1 Å². The van der Waals surface area contributed by atoms with E-state index in [9.17, 15) is 4.79 Å². The van der Waals surface area contributed by atoms with Crippen LogP contribution in [0.25, 0.3) is 0 Å². The van der Waals surface area contributed by atoms with Crippen LogP contribution in [0.4, 0.5) is 0 Å². The molecule has 0 saturated heterocycles. The van der Waals surface area contributed by atoms with Crippen molar-refractivity contribution >= 4 is 5.78 Å². The maximum atomic E-state index is 11.8. The van der Waals surface area contributed by atoms with Crippen LogP contribution in [0, 0.1) is 0 Å². The fourth-order valence-corrected chi connectivity index (χ4v) is 1.47. The van der Waals surface area contributed by atoms with Crippen LogP contribution in [0.1, 0.15) is 25.5 Å². The molecule has 0 radical (unpaired) electrons. The van der Waals surface area contributed by atoms with Crippen molar-refractivity contribution in [3.05, 3.63) is 30.1 Å². The maximum absolute atomic E-state index is 11.8. The fourth-order valence-electron chi connectivity index (χ4n) is 1.47. The Morgan fingerprint density at radius 3 is 2.87 bits per heavy atom. The van der Waals surface area contributed by atoms with Gasteiger partial charge in [-0.15, -0.1) is 0 Å². The van der Waals surface area contributed by atoms with Crippen LogP contribution in [-0.4, -0.2) is 24.0 Å². The van der Waals surface area contributed by atoms with Crippen LogP contribution in [-0.2, 0) is 16.0 Å². The van der Waals surface area contributed by atoms with Crippen LogP contribution in [0.3, 0.4) is 0 Å². The van der Waals surface area contributed by atoms with E-state index in [2.05, 4.69) is 4.98 Å². The quantitative estimate of drug-likeness (QED) is 0.716. The molecule has 0 spiro atoms. The minimum absolute atomic E-state index is 0.109. The molecule has 0 aromatic carbocycles. The molecule has 3 nitrogen and oxygen atoms in total. The molecule has 0 N–H and O–H groups in total. The second-order valence-corrected chi connectivity index (χ2v) is 3.48. The van der Waals surface area contributed by atoms with Crippen molar-refractivity contribution in [2.45, 2.75) is 32.3 Å². The second-order valence-electron chi connectivity index (χ2n) is 3.48. The van der Waals surface area contributed by atoms with Gasteiger partial charge in [-0.1, -0.05) is 19.4 Å². The predicted octanol–water partition coefficient (Wildman–Crippen LogP) is 2.01. The van der Waals surface area contributed by atoms with Gasteiger partial charge in [0.2, 0.25) is 0 Å². The lowest BCUT2D eigenvalue weighted by atomic mass is 10.1. The van der Waals surface area contributed by atoms with Gasteiger partial charge in [-0.2, -0.15) is 0 Å². The summed E-state index contributed by atoms with van der Waals surface area (Å²) in [4.78, 5) is 15.9. The van der Waals surface area contributed by atoms with Crippen molar-refractivity contribution in [3.8, 4) is 0 Å². The monoisotopic (exact) mass is 207 g/mol. The van der Waals surface area contributed by atoms with E-state index in [-0.39, 0.29) is 11.9 Å². The number of ether oxygens (including phenoxy) is 1. The molecule has 3 heteroatoms. The first kappa shape index (κ1) is 11.9. The van der Waals surface area contributed by atoms with Gasteiger partial charge in [0, 0.05) is 19.0 Å². The zero-order chi connectivity index (χ0) is 11.1. The number of rotatable bonds is 6. The number of ketones is 1. The molecule has 1 aromatic heterocycles.